The Morgan fingerprint density at radius 1 is 1.45 bits per heavy atom. The van der Waals surface area contributed by atoms with Gasteiger partial charge in [-0.1, -0.05) is 12.1 Å². The number of methoxy groups -OCH3 is 1. The highest BCUT2D eigenvalue weighted by atomic mass is 35.5. The lowest BCUT2D eigenvalue weighted by atomic mass is 10.1. The van der Waals surface area contributed by atoms with Crippen molar-refractivity contribution in [3.8, 4) is 11.8 Å². The van der Waals surface area contributed by atoms with Crippen LogP contribution in [0.2, 0.25) is 0 Å². The van der Waals surface area contributed by atoms with Crippen LogP contribution in [0.5, 0.6) is 5.75 Å². The molecule has 5 nitrogen and oxygen atoms in total. The van der Waals surface area contributed by atoms with Crippen molar-refractivity contribution >= 4 is 17.5 Å². The quantitative estimate of drug-likeness (QED) is 0.316. The second kappa shape index (κ2) is 10.5. The topological polar surface area (TPSA) is 74.1 Å². The van der Waals surface area contributed by atoms with Gasteiger partial charge < -0.3 is 15.4 Å². The van der Waals surface area contributed by atoms with Gasteiger partial charge in [-0.05, 0) is 30.5 Å². The highest BCUT2D eigenvalue weighted by Gasteiger charge is 2.07. The molecule has 0 spiro atoms. The van der Waals surface area contributed by atoms with Gasteiger partial charge in [0, 0.05) is 25.2 Å². The Kier molecular flexibility index (Phi) is 8.54. The molecule has 0 fully saturated rings. The summed E-state index contributed by atoms with van der Waals surface area (Å²) in [6.07, 6.45) is 2.88. The first-order valence-electron chi connectivity index (χ1n) is 7.02. The van der Waals surface area contributed by atoms with Gasteiger partial charge in [-0.25, -0.2) is 0 Å². The van der Waals surface area contributed by atoms with E-state index in [0.29, 0.717) is 25.4 Å². The molecular weight excluding hydrogens is 302 g/mol. The van der Waals surface area contributed by atoms with E-state index < -0.39 is 0 Å². The van der Waals surface area contributed by atoms with Crippen LogP contribution < -0.4 is 15.4 Å². The van der Waals surface area contributed by atoms with E-state index in [1.807, 2.05) is 30.3 Å². The molecule has 22 heavy (non-hydrogen) atoms. The Hall–Kier alpha value is -2.19. The summed E-state index contributed by atoms with van der Waals surface area (Å²) in [6.45, 7) is 1.08. The predicted octanol–water partition coefficient (Wildman–Crippen LogP) is 1.98. The van der Waals surface area contributed by atoms with Crippen LogP contribution in [0.1, 0.15) is 12.0 Å². The van der Waals surface area contributed by atoms with Gasteiger partial charge in [-0.15, -0.1) is 11.6 Å². The van der Waals surface area contributed by atoms with E-state index in [1.54, 1.807) is 7.11 Å². The second-order valence-corrected chi connectivity index (χ2v) is 4.90. The molecule has 0 aliphatic heterocycles. The third kappa shape index (κ3) is 6.51. The first-order chi connectivity index (χ1) is 10.7. The van der Waals surface area contributed by atoms with Crippen molar-refractivity contribution in [2.45, 2.75) is 12.8 Å². The average molecular weight is 322 g/mol. The number of hydrogen-bond donors (Lipinski definition) is 2. The van der Waals surface area contributed by atoms with Crippen molar-refractivity contribution < 1.29 is 9.53 Å². The molecule has 1 aromatic carbocycles. The molecule has 118 valence electrons. The number of hydrogen-bond acceptors (Lipinski definition) is 4. The Morgan fingerprint density at radius 3 is 2.95 bits per heavy atom. The summed E-state index contributed by atoms with van der Waals surface area (Å²) in [5.74, 6) is 0.899. The van der Waals surface area contributed by atoms with E-state index in [0.717, 1.165) is 17.7 Å². The number of halogens is 1. The number of rotatable bonds is 9. The lowest BCUT2D eigenvalue weighted by Gasteiger charge is -2.06. The van der Waals surface area contributed by atoms with E-state index in [1.165, 1.54) is 6.20 Å². The molecule has 0 aliphatic rings. The highest BCUT2D eigenvalue weighted by molar-refractivity contribution is 6.17. The third-order valence-electron chi connectivity index (χ3n) is 2.90. The summed E-state index contributed by atoms with van der Waals surface area (Å²) in [5.41, 5.74) is 1.17. The van der Waals surface area contributed by atoms with Crippen LogP contribution in [-0.4, -0.2) is 32.0 Å². The van der Waals surface area contributed by atoms with Crippen molar-refractivity contribution in [3.63, 3.8) is 0 Å². The van der Waals surface area contributed by atoms with Crippen LogP contribution in [0.25, 0.3) is 0 Å². The molecule has 6 heteroatoms. The number of amides is 1. The van der Waals surface area contributed by atoms with E-state index in [9.17, 15) is 4.79 Å². The summed E-state index contributed by atoms with van der Waals surface area (Å²) >= 11 is 5.53. The average Bonchev–Trinajstić information content (AvgIpc) is 2.55. The molecule has 2 N–H and O–H groups in total. The second-order valence-electron chi connectivity index (χ2n) is 4.52. The number of ether oxygens (including phenoxy) is 1. The SMILES string of the molecule is COc1cccc(CCN/C=C(/C#N)C(=O)NCCCCl)c1. The van der Waals surface area contributed by atoms with Crippen LogP contribution in [0, 0.1) is 11.3 Å². The first kappa shape index (κ1) is 17.9. The zero-order valence-corrected chi connectivity index (χ0v) is 13.3. The Morgan fingerprint density at radius 2 is 2.27 bits per heavy atom. The van der Waals surface area contributed by atoms with Gasteiger partial charge in [0.2, 0.25) is 0 Å². The minimum absolute atomic E-state index is 0.0558. The Labute approximate surface area is 135 Å². The Bertz CT molecular complexity index is 553. The predicted molar refractivity (Wildman–Crippen MR) is 86.7 cm³/mol. The van der Waals surface area contributed by atoms with Gasteiger partial charge in [-0.3, -0.25) is 4.79 Å². The van der Waals surface area contributed by atoms with Crippen molar-refractivity contribution in [1.29, 1.82) is 5.26 Å². The number of nitrogens with zero attached hydrogens (tertiary/aromatic N) is 1. The van der Waals surface area contributed by atoms with E-state index in [-0.39, 0.29) is 11.5 Å². The molecular formula is C16H20ClN3O2. The molecule has 0 bridgehead atoms. The fourth-order valence-corrected chi connectivity index (χ4v) is 1.86. The van der Waals surface area contributed by atoms with Crippen molar-refractivity contribution in [1.82, 2.24) is 10.6 Å². The van der Waals surface area contributed by atoms with Crippen LogP contribution >= 0.6 is 11.6 Å². The summed E-state index contributed by atoms with van der Waals surface area (Å²) in [5, 5.41) is 14.6. The maximum atomic E-state index is 11.7. The zero-order chi connectivity index (χ0) is 16.2. The third-order valence-corrected chi connectivity index (χ3v) is 3.17. The number of nitriles is 1. The van der Waals surface area contributed by atoms with Gasteiger partial charge >= 0.3 is 0 Å². The fraction of sp³-hybridized carbons (Fsp3) is 0.375. The number of nitrogens with one attached hydrogen (secondary N) is 2. The minimum Gasteiger partial charge on any atom is -0.497 e. The standard InChI is InChI=1S/C16H20ClN3O2/c1-22-15-5-2-4-13(10-15)6-9-19-12-14(11-18)16(21)20-8-3-7-17/h2,4-5,10,12,19H,3,6-9H2,1H3,(H,20,21)/b14-12-. The number of carbonyl (C=O) groups is 1. The number of alkyl halides is 1. The minimum atomic E-state index is -0.388. The molecule has 1 aromatic rings. The van der Waals surface area contributed by atoms with Gasteiger partial charge in [0.05, 0.1) is 7.11 Å². The van der Waals surface area contributed by atoms with Crippen LogP contribution in [-0.2, 0) is 11.2 Å². The number of carbonyl (C=O) groups excluding carboxylic acids is 1. The molecule has 0 saturated heterocycles. The molecule has 0 saturated carbocycles. The van der Waals surface area contributed by atoms with Gasteiger partial charge in [0.1, 0.15) is 17.4 Å². The fourth-order valence-electron chi connectivity index (χ4n) is 1.73. The van der Waals surface area contributed by atoms with Gasteiger partial charge in [0.15, 0.2) is 0 Å². The molecule has 1 amide bonds. The van der Waals surface area contributed by atoms with Crippen LogP contribution in [0.3, 0.4) is 0 Å². The summed E-state index contributed by atoms with van der Waals surface area (Å²) in [7, 11) is 1.63. The highest BCUT2D eigenvalue weighted by Crippen LogP contribution is 2.12. The van der Waals surface area contributed by atoms with E-state index >= 15 is 0 Å². The van der Waals surface area contributed by atoms with Gasteiger partial charge in [-0.2, -0.15) is 5.26 Å². The largest absolute Gasteiger partial charge is 0.497 e. The molecule has 0 radical (unpaired) electrons. The lowest BCUT2D eigenvalue weighted by molar-refractivity contribution is -0.117. The maximum absolute atomic E-state index is 11.7. The zero-order valence-electron chi connectivity index (χ0n) is 12.6. The molecule has 0 atom stereocenters. The van der Waals surface area contributed by atoms with Crippen molar-refractivity contribution in [3.05, 3.63) is 41.6 Å². The summed E-state index contributed by atoms with van der Waals surface area (Å²) < 4.78 is 5.16. The normalized spacial score (nSPS) is 10.7. The van der Waals surface area contributed by atoms with Crippen LogP contribution in [0.15, 0.2) is 36.0 Å². The first-order valence-corrected chi connectivity index (χ1v) is 7.55. The van der Waals surface area contributed by atoms with Gasteiger partial charge in [0.25, 0.3) is 5.91 Å². The maximum Gasteiger partial charge on any atom is 0.263 e. The van der Waals surface area contributed by atoms with E-state index in [2.05, 4.69) is 10.6 Å². The molecule has 0 aromatic heterocycles. The van der Waals surface area contributed by atoms with Crippen LogP contribution in [0.4, 0.5) is 0 Å². The van der Waals surface area contributed by atoms with E-state index in [4.69, 9.17) is 21.6 Å². The molecule has 0 heterocycles. The molecule has 1 rings (SSSR count). The summed E-state index contributed by atoms with van der Waals surface area (Å²) in [4.78, 5) is 11.7. The van der Waals surface area contributed by atoms with Crippen molar-refractivity contribution in [2.24, 2.45) is 0 Å². The molecule has 0 aliphatic carbocycles. The Balaban J connectivity index is 2.42. The number of benzene rings is 1. The van der Waals surface area contributed by atoms with Crippen molar-refractivity contribution in [2.75, 3.05) is 26.1 Å². The lowest BCUT2D eigenvalue weighted by Crippen LogP contribution is -2.27. The monoisotopic (exact) mass is 321 g/mol. The molecule has 0 unspecified atom stereocenters. The smallest absolute Gasteiger partial charge is 0.263 e. The summed E-state index contributed by atoms with van der Waals surface area (Å²) in [6, 6.07) is 9.64.